The second-order valence-corrected chi connectivity index (χ2v) is 10.9. The fraction of sp³-hybridized carbons (Fsp3) is 0.600. The molecule has 2 N–H and O–H groups in total. The maximum atomic E-state index is 13.7. The largest absolute Gasteiger partial charge is 0.481 e. The molecule has 1 aromatic rings. The second kappa shape index (κ2) is 12.9. The lowest BCUT2D eigenvalue weighted by Gasteiger charge is -2.41. The first-order valence-electron chi connectivity index (χ1n) is 14.3. The summed E-state index contributed by atoms with van der Waals surface area (Å²) in [5, 5.41) is 13.6. The van der Waals surface area contributed by atoms with Crippen LogP contribution < -0.4 is 14.8 Å². The minimum Gasteiger partial charge on any atom is -0.481 e. The Bertz CT molecular complexity index is 1080. The first-order chi connectivity index (χ1) is 19.0. The molecule has 1 amide bonds. The summed E-state index contributed by atoms with van der Waals surface area (Å²) >= 11 is 0. The average Bonchev–Trinajstić information content (AvgIpc) is 3.64. The van der Waals surface area contributed by atoms with Crippen LogP contribution in [0, 0.1) is 17.8 Å². The van der Waals surface area contributed by atoms with Crippen molar-refractivity contribution in [2.75, 3.05) is 33.1 Å². The molecule has 0 bridgehead atoms. The van der Waals surface area contributed by atoms with E-state index < -0.39 is 11.9 Å². The number of carboxylic acid groups (broad SMARTS) is 1. The molecule has 2 fully saturated rings. The summed E-state index contributed by atoms with van der Waals surface area (Å²) in [4.78, 5) is 28.3. The lowest BCUT2D eigenvalue weighted by atomic mass is 9.63. The second-order valence-electron chi connectivity index (χ2n) is 10.9. The number of hydrogen-bond donors (Lipinski definition) is 2. The molecule has 3 aliphatic heterocycles. The minimum atomic E-state index is -0.797. The van der Waals surface area contributed by atoms with Crippen LogP contribution in [0.4, 0.5) is 0 Å². The highest BCUT2D eigenvalue weighted by atomic mass is 16.7. The van der Waals surface area contributed by atoms with E-state index in [0.29, 0.717) is 63.4 Å². The molecule has 0 radical (unpaired) electrons. The van der Waals surface area contributed by atoms with Gasteiger partial charge in [-0.3, -0.25) is 9.59 Å². The van der Waals surface area contributed by atoms with Gasteiger partial charge in [0.05, 0.1) is 24.8 Å². The Morgan fingerprint density at radius 3 is 2.67 bits per heavy atom. The standard InChI is InChI=1S/C30H40N2O7/c1-2-3-11-32(23-5-4-10-31-18-23)27(33)16-20-14-22(7-9-28-36-12-13-37-28)29(30(34)35)24(15-20)21-6-8-25-26(17-21)39-19-38-25/h4-6,8,17-18,20,22,24,28-29,31H,2-3,7,9-16,19H2,1H3,(H,34,35)/t20?,22-,24-,29+/m1/s1. The van der Waals surface area contributed by atoms with Crippen molar-refractivity contribution in [3.8, 4) is 11.5 Å². The molecule has 4 atom stereocenters. The Labute approximate surface area is 230 Å². The number of amides is 1. The van der Waals surface area contributed by atoms with Gasteiger partial charge in [0.25, 0.3) is 0 Å². The zero-order valence-electron chi connectivity index (χ0n) is 22.7. The highest BCUT2D eigenvalue weighted by Gasteiger charge is 2.44. The van der Waals surface area contributed by atoms with Gasteiger partial charge in [0, 0.05) is 25.7 Å². The van der Waals surface area contributed by atoms with Gasteiger partial charge in [-0.15, -0.1) is 0 Å². The number of unbranched alkanes of at least 4 members (excludes halogenated alkanes) is 1. The Hall–Kier alpha value is -3.04. The molecule has 3 heterocycles. The van der Waals surface area contributed by atoms with Crippen molar-refractivity contribution in [3.05, 3.63) is 47.8 Å². The molecule has 9 heteroatoms. The van der Waals surface area contributed by atoms with Crippen molar-refractivity contribution < 1.29 is 33.6 Å². The molecule has 1 unspecified atom stereocenters. The highest BCUT2D eigenvalue weighted by Crippen LogP contribution is 2.49. The third kappa shape index (κ3) is 6.58. The fourth-order valence-electron chi connectivity index (χ4n) is 6.45. The fourth-order valence-corrected chi connectivity index (χ4v) is 6.45. The molecule has 5 rings (SSSR count). The summed E-state index contributed by atoms with van der Waals surface area (Å²) in [6, 6.07) is 5.74. The number of fused-ring (bicyclic) bond motifs is 1. The van der Waals surface area contributed by atoms with Gasteiger partial charge in [0.15, 0.2) is 17.8 Å². The van der Waals surface area contributed by atoms with E-state index in [4.69, 9.17) is 18.9 Å². The van der Waals surface area contributed by atoms with Gasteiger partial charge in [0.1, 0.15) is 0 Å². The number of nitrogens with zero attached hydrogens (tertiary/aromatic N) is 1. The number of aliphatic carboxylic acids is 1. The predicted molar refractivity (Wildman–Crippen MR) is 144 cm³/mol. The van der Waals surface area contributed by atoms with Crippen LogP contribution in [0.2, 0.25) is 0 Å². The zero-order valence-corrected chi connectivity index (χ0v) is 22.7. The van der Waals surface area contributed by atoms with Gasteiger partial charge in [-0.1, -0.05) is 25.5 Å². The zero-order chi connectivity index (χ0) is 27.2. The van der Waals surface area contributed by atoms with Gasteiger partial charge in [-0.2, -0.15) is 0 Å². The first-order valence-corrected chi connectivity index (χ1v) is 14.3. The number of hydrogen-bond acceptors (Lipinski definition) is 7. The van der Waals surface area contributed by atoms with Crippen molar-refractivity contribution in [1.82, 2.24) is 10.2 Å². The van der Waals surface area contributed by atoms with Crippen molar-refractivity contribution in [3.63, 3.8) is 0 Å². The summed E-state index contributed by atoms with van der Waals surface area (Å²) in [5.74, 6) is -0.231. The maximum Gasteiger partial charge on any atom is 0.307 e. The molecule has 0 spiro atoms. The van der Waals surface area contributed by atoms with Crippen LogP contribution in [0.5, 0.6) is 11.5 Å². The van der Waals surface area contributed by atoms with E-state index in [0.717, 1.165) is 30.6 Å². The molecule has 1 saturated heterocycles. The number of carboxylic acids is 1. The minimum absolute atomic E-state index is 0.0594. The molecule has 9 nitrogen and oxygen atoms in total. The molecular formula is C30H40N2O7. The van der Waals surface area contributed by atoms with E-state index in [1.807, 2.05) is 41.5 Å². The van der Waals surface area contributed by atoms with Gasteiger partial charge in [-0.25, -0.2) is 0 Å². The van der Waals surface area contributed by atoms with Crippen LogP contribution in [0.1, 0.15) is 63.4 Å². The number of ether oxygens (including phenoxy) is 4. The Morgan fingerprint density at radius 1 is 1.10 bits per heavy atom. The monoisotopic (exact) mass is 540 g/mol. The van der Waals surface area contributed by atoms with Gasteiger partial charge >= 0.3 is 5.97 Å². The summed E-state index contributed by atoms with van der Waals surface area (Å²) < 4.78 is 22.4. The SMILES string of the molecule is CCCCN(C(=O)CC1C[C@@H](CCC2OCCO2)[C@H](C(=O)O)[C@@H](c2ccc3c(c2)OCO3)C1)C1=CNCC=C1. The van der Waals surface area contributed by atoms with Crippen LogP contribution in [-0.2, 0) is 19.1 Å². The molecule has 1 aromatic carbocycles. The topological polar surface area (TPSA) is 107 Å². The van der Waals surface area contributed by atoms with Crippen molar-refractivity contribution in [2.24, 2.45) is 17.8 Å². The molecule has 1 saturated carbocycles. The van der Waals surface area contributed by atoms with Crippen molar-refractivity contribution >= 4 is 11.9 Å². The quantitative estimate of drug-likeness (QED) is 0.426. The molecule has 1 aliphatic carbocycles. The highest BCUT2D eigenvalue weighted by molar-refractivity contribution is 5.79. The molecule has 4 aliphatic rings. The summed E-state index contributed by atoms with van der Waals surface area (Å²) in [5.41, 5.74) is 1.81. The Kier molecular flexibility index (Phi) is 9.09. The number of rotatable bonds is 11. The molecule has 0 aromatic heterocycles. The Morgan fingerprint density at radius 2 is 1.92 bits per heavy atom. The normalized spacial score (nSPS) is 26.2. The van der Waals surface area contributed by atoms with E-state index >= 15 is 0 Å². The maximum absolute atomic E-state index is 13.7. The van der Waals surface area contributed by atoms with Gasteiger partial charge in [-0.05, 0) is 73.6 Å². The summed E-state index contributed by atoms with van der Waals surface area (Å²) in [7, 11) is 0. The molecule has 212 valence electrons. The number of allylic oxidation sites excluding steroid dienone is 1. The molecule has 39 heavy (non-hydrogen) atoms. The van der Waals surface area contributed by atoms with Crippen LogP contribution in [0.3, 0.4) is 0 Å². The predicted octanol–water partition coefficient (Wildman–Crippen LogP) is 4.40. The Balaban J connectivity index is 1.38. The average molecular weight is 541 g/mol. The van der Waals surface area contributed by atoms with Crippen LogP contribution in [0.15, 0.2) is 42.2 Å². The van der Waals surface area contributed by atoms with Gasteiger partial charge in [0.2, 0.25) is 12.7 Å². The van der Waals surface area contributed by atoms with Crippen molar-refractivity contribution in [2.45, 2.75) is 64.1 Å². The van der Waals surface area contributed by atoms with Crippen LogP contribution in [-0.4, -0.2) is 61.3 Å². The summed E-state index contributed by atoms with van der Waals surface area (Å²) in [6.07, 6.45) is 10.6. The van der Waals surface area contributed by atoms with Crippen molar-refractivity contribution in [1.29, 1.82) is 0 Å². The summed E-state index contributed by atoms with van der Waals surface area (Å²) in [6.45, 7) is 4.86. The third-order valence-corrected chi connectivity index (χ3v) is 8.32. The molecular weight excluding hydrogens is 500 g/mol. The lowest BCUT2D eigenvalue weighted by molar-refractivity contribution is -0.147. The number of nitrogens with one attached hydrogen (secondary N) is 1. The van der Waals surface area contributed by atoms with E-state index in [1.54, 1.807) is 0 Å². The lowest BCUT2D eigenvalue weighted by Crippen LogP contribution is -2.40. The van der Waals surface area contributed by atoms with Crippen LogP contribution in [0.25, 0.3) is 0 Å². The van der Waals surface area contributed by atoms with E-state index in [1.165, 1.54) is 0 Å². The van der Waals surface area contributed by atoms with E-state index in [2.05, 4.69) is 12.2 Å². The van der Waals surface area contributed by atoms with Crippen LogP contribution >= 0.6 is 0 Å². The number of benzene rings is 1. The van der Waals surface area contributed by atoms with E-state index in [-0.39, 0.29) is 36.7 Å². The number of carbonyl (C=O) groups excluding carboxylic acids is 1. The first kappa shape index (κ1) is 27.5. The number of dihydropyridines is 1. The smallest absolute Gasteiger partial charge is 0.307 e. The van der Waals surface area contributed by atoms with Gasteiger partial charge < -0.3 is 34.3 Å². The van der Waals surface area contributed by atoms with E-state index in [9.17, 15) is 14.7 Å². The number of carbonyl (C=O) groups is 2. The third-order valence-electron chi connectivity index (χ3n) is 8.32.